The van der Waals surface area contributed by atoms with Gasteiger partial charge in [-0.2, -0.15) is 0 Å². The van der Waals surface area contributed by atoms with E-state index >= 15 is 0 Å². The first kappa shape index (κ1) is 19.8. The van der Waals surface area contributed by atoms with Gasteiger partial charge >= 0.3 is 6.03 Å². The zero-order valence-corrected chi connectivity index (χ0v) is 15.5. The first-order valence-electron chi connectivity index (χ1n) is 8.08. The topological polar surface area (TPSA) is 70.6 Å². The number of methoxy groups -OCH3 is 1. The molecule has 0 atom stereocenters. The van der Waals surface area contributed by atoms with Gasteiger partial charge in [0.1, 0.15) is 5.01 Å². The molecule has 0 aliphatic heterocycles. The normalized spacial score (nSPS) is 11.0. The maximum atomic E-state index is 12.4. The highest BCUT2D eigenvalue weighted by atomic mass is 32.1. The Morgan fingerprint density at radius 3 is 2.65 bits per heavy atom. The molecule has 0 unspecified atom stereocenters. The van der Waals surface area contributed by atoms with Gasteiger partial charge in [-0.3, -0.25) is 5.32 Å². The number of carbonyl (C=O) groups is 1. The number of nitrogens with zero attached hydrogens (tertiary/aromatic N) is 4. The third-order valence-electron chi connectivity index (χ3n) is 3.31. The highest BCUT2D eigenvalue weighted by Crippen LogP contribution is 2.17. The predicted molar refractivity (Wildman–Crippen MR) is 94.2 cm³/mol. The zero-order chi connectivity index (χ0) is 17.1. The van der Waals surface area contributed by atoms with Crippen LogP contribution in [0.2, 0.25) is 0 Å². The molecule has 1 heterocycles. The number of hydrogen-bond donors (Lipinski definition) is 1. The van der Waals surface area contributed by atoms with Crippen LogP contribution in [0, 0.1) is 0 Å². The molecule has 0 bridgehead atoms. The maximum absolute atomic E-state index is 12.4. The number of hydrogen-bond acceptors (Lipinski definition) is 6. The summed E-state index contributed by atoms with van der Waals surface area (Å²) in [5.41, 5.74) is 0. The molecule has 7 nitrogen and oxygen atoms in total. The van der Waals surface area contributed by atoms with Gasteiger partial charge in [0.15, 0.2) is 0 Å². The molecule has 0 aliphatic carbocycles. The van der Waals surface area contributed by atoms with Crippen molar-refractivity contribution in [1.82, 2.24) is 20.0 Å². The molecular formula is C15H29N5O2S. The third kappa shape index (κ3) is 8.24. The second-order valence-electron chi connectivity index (χ2n) is 5.67. The number of amides is 2. The second kappa shape index (κ2) is 11.3. The van der Waals surface area contributed by atoms with Crippen LogP contribution in [0.5, 0.6) is 0 Å². The van der Waals surface area contributed by atoms with Gasteiger partial charge in [-0.05, 0) is 33.5 Å². The van der Waals surface area contributed by atoms with Gasteiger partial charge < -0.3 is 14.5 Å². The lowest BCUT2D eigenvalue weighted by molar-refractivity contribution is 0.153. The fourth-order valence-electron chi connectivity index (χ4n) is 2.00. The maximum Gasteiger partial charge on any atom is 0.323 e. The largest absolute Gasteiger partial charge is 0.383 e. The van der Waals surface area contributed by atoms with Crippen molar-refractivity contribution in [1.29, 1.82) is 0 Å². The molecule has 0 aromatic carbocycles. The molecule has 0 saturated carbocycles. The molecule has 1 rings (SSSR count). The van der Waals surface area contributed by atoms with Gasteiger partial charge in [-0.15, -0.1) is 10.2 Å². The van der Waals surface area contributed by atoms with E-state index in [-0.39, 0.29) is 6.03 Å². The molecule has 2 amide bonds. The van der Waals surface area contributed by atoms with Crippen LogP contribution in [0.4, 0.5) is 9.93 Å². The van der Waals surface area contributed by atoms with Crippen LogP contribution < -0.4 is 5.32 Å². The Bertz CT molecular complexity index is 453. The van der Waals surface area contributed by atoms with Crippen LogP contribution in [0.15, 0.2) is 0 Å². The Morgan fingerprint density at radius 2 is 2.00 bits per heavy atom. The smallest absolute Gasteiger partial charge is 0.323 e. The average Bonchev–Trinajstić information content (AvgIpc) is 2.95. The number of carbonyl (C=O) groups excluding carboxylic acids is 1. The van der Waals surface area contributed by atoms with E-state index in [1.807, 2.05) is 14.1 Å². The summed E-state index contributed by atoms with van der Waals surface area (Å²) >= 11 is 1.45. The summed E-state index contributed by atoms with van der Waals surface area (Å²) in [5.74, 6) is 0. The first-order chi connectivity index (χ1) is 11.1. The fraction of sp³-hybridized carbons (Fsp3) is 0.800. The summed E-state index contributed by atoms with van der Waals surface area (Å²) in [5, 5.41) is 12.6. The van der Waals surface area contributed by atoms with Gasteiger partial charge in [-0.25, -0.2) is 4.79 Å². The quantitative estimate of drug-likeness (QED) is 0.668. The summed E-state index contributed by atoms with van der Waals surface area (Å²) in [6, 6.07) is -0.140. The van der Waals surface area contributed by atoms with Crippen molar-refractivity contribution in [2.75, 3.05) is 52.8 Å². The van der Waals surface area contributed by atoms with E-state index in [0.29, 0.717) is 24.8 Å². The van der Waals surface area contributed by atoms with Crippen LogP contribution in [-0.4, -0.2) is 73.5 Å². The van der Waals surface area contributed by atoms with Crippen molar-refractivity contribution in [2.24, 2.45) is 0 Å². The number of aryl methyl sites for hydroxylation is 1. The Morgan fingerprint density at radius 1 is 1.22 bits per heavy atom. The third-order valence-corrected chi connectivity index (χ3v) is 4.21. The monoisotopic (exact) mass is 343 g/mol. The minimum Gasteiger partial charge on any atom is -0.383 e. The molecular weight excluding hydrogens is 314 g/mol. The van der Waals surface area contributed by atoms with Gasteiger partial charge in [0.2, 0.25) is 5.13 Å². The van der Waals surface area contributed by atoms with Crippen LogP contribution in [0.3, 0.4) is 0 Å². The number of urea groups is 1. The Hall–Kier alpha value is -1.25. The molecule has 0 fully saturated rings. The molecule has 1 aromatic rings. The summed E-state index contributed by atoms with van der Waals surface area (Å²) in [7, 11) is 5.69. The standard InChI is InChI=1S/C15H29N5O2S/c1-5-6-8-13-17-18-14(23-13)16-15(21)20(11-12-22-4)10-7-9-19(2)3/h5-12H2,1-4H3,(H,16,18,21). The van der Waals surface area contributed by atoms with Crippen molar-refractivity contribution in [2.45, 2.75) is 32.6 Å². The molecule has 8 heteroatoms. The van der Waals surface area contributed by atoms with Gasteiger partial charge in [0.25, 0.3) is 0 Å². The van der Waals surface area contributed by atoms with Gasteiger partial charge in [0, 0.05) is 26.6 Å². The fourth-order valence-corrected chi connectivity index (χ4v) is 2.77. The molecule has 1 N–H and O–H groups in total. The van der Waals surface area contributed by atoms with E-state index in [4.69, 9.17) is 4.74 Å². The zero-order valence-electron chi connectivity index (χ0n) is 14.7. The van der Waals surface area contributed by atoms with E-state index in [2.05, 4.69) is 27.3 Å². The molecule has 132 valence electrons. The van der Waals surface area contributed by atoms with Crippen LogP contribution >= 0.6 is 11.3 Å². The number of ether oxygens (including phenoxy) is 1. The van der Waals surface area contributed by atoms with Crippen molar-refractivity contribution in [3.63, 3.8) is 0 Å². The molecule has 0 aliphatic rings. The van der Waals surface area contributed by atoms with Gasteiger partial charge in [0.05, 0.1) is 6.61 Å². The van der Waals surface area contributed by atoms with E-state index in [0.717, 1.165) is 37.2 Å². The SMILES string of the molecule is CCCCc1nnc(NC(=O)N(CCCN(C)C)CCOC)s1. The number of aromatic nitrogens is 2. The Kier molecular flexibility index (Phi) is 9.74. The number of unbranched alkanes of at least 4 members (excludes halogenated alkanes) is 1. The summed E-state index contributed by atoms with van der Waals surface area (Å²) < 4.78 is 5.09. The van der Waals surface area contributed by atoms with E-state index < -0.39 is 0 Å². The molecule has 23 heavy (non-hydrogen) atoms. The number of anilines is 1. The predicted octanol–water partition coefficient (Wildman–Crippen LogP) is 2.31. The Balaban J connectivity index is 2.52. The lowest BCUT2D eigenvalue weighted by Gasteiger charge is -2.22. The van der Waals surface area contributed by atoms with Crippen molar-refractivity contribution < 1.29 is 9.53 Å². The number of nitrogens with one attached hydrogen (secondary N) is 1. The highest BCUT2D eigenvalue weighted by molar-refractivity contribution is 7.15. The molecule has 0 spiro atoms. The van der Waals surface area contributed by atoms with E-state index in [9.17, 15) is 4.79 Å². The second-order valence-corrected chi connectivity index (χ2v) is 6.73. The van der Waals surface area contributed by atoms with Crippen molar-refractivity contribution in [3.05, 3.63) is 5.01 Å². The molecule has 0 radical (unpaired) electrons. The summed E-state index contributed by atoms with van der Waals surface area (Å²) in [6.45, 7) is 4.86. The summed E-state index contributed by atoms with van der Waals surface area (Å²) in [4.78, 5) is 16.3. The van der Waals surface area contributed by atoms with Crippen molar-refractivity contribution in [3.8, 4) is 0 Å². The first-order valence-corrected chi connectivity index (χ1v) is 8.90. The van der Waals surface area contributed by atoms with E-state index in [1.54, 1.807) is 12.0 Å². The van der Waals surface area contributed by atoms with Crippen molar-refractivity contribution >= 4 is 22.5 Å². The van der Waals surface area contributed by atoms with E-state index in [1.165, 1.54) is 11.3 Å². The lowest BCUT2D eigenvalue weighted by atomic mass is 10.3. The minimum absolute atomic E-state index is 0.140. The van der Waals surface area contributed by atoms with Gasteiger partial charge in [-0.1, -0.05) is 24.7 Å². The number of rotatable bonds is 11. The minimum atomic E-state index is -0.140. The van der Waals surface area contributed by atoms with Crippen LogP contribution in [-0.2, 0) is 11.2 Å². The summed E-state index contributed by atoms with van der Waals surface area (Å²) in [6.07, 6.45) is 4.05. The molecule has 0 saturated heterocycles. The molecule has 1 aromatic heterocycles. The lowest BCUT2D eigenvalue weighted by Crippen LogP contribution is -2.38. The van der Waals surface area contributed by atoms with Crippen LogP contribution in [0.1, 0.15) is 31.2 Å². The average molecular weight is 343 g/mol. The van der Waals surface area contributed by atoms with Crippen LogP contribution in [0.25, 0.3) is 0 Å². The Labute approximate surface area is 143 Å². The highest BCUT2D eigenvalue weighted by Gasteiger charge is 2.15.